The number of nitrogens with one attached hydrogen (secondary N) is 1. The van der Waals surface area contributed by atoms with Crippen molar-refractivity contribution >= 4 is 55.7 Å². The van der Waals surface area contributed by atoms with Crippen LogP contribution in [0.2, 0.25) is 0 Å². The topological polar surface area (TPSA) is 133 Å². The number of carbonyl (C=O) groups is 3. The van der Waals surface area contributed by atoms with Crippen molar-refractivity contribution in [3.05, 3.63) is 43.6 Å². The number of amides is 2. The van der Waals surface area contributed by atoms with E-state index in [-0.39, 0.29) is 16.0 Å². The first-order chi connectivity index (χ1) is 13.9. The molecular weight excluding hydrogens is 416 g/mol. The van der Waals surface area contributed by atoms with Crippen LogP contribution in [0.3, 0.4) is 0 Å². The lowest BCUT2D eigenvalue weighted by molar-refractivity contribution is -0.119. The summed E-state index contributed by atoms with van der Waals surface area (Å²) in [5, 5.41) is 4.83. The molecule has 4 heterocycles. The maximum atomic E-state index is 12.7. The van der Waals surface area contributed by atoms with E-state index in [1.807, 2.05) is 0 Å². The molecule has 0 saturated heterocycles. The molecule has 2 amide bonds. The Hall–Kier alpha value is -3.05. The molecule has 1 aliphatic heterocycles. The van der Waals surface area contributed by atoms with E-state index in [0.29, 0.717) is 27.3 Å². The van der Waals surface area contributed by atoms with Crippen LogP contribution in [0.15, 0.2) is 16.2 Å². The number of fused-ring (bicyclic) bond motifs is 2. The molecule has 9 nitrogen and oxygen atoms in total. The molecule has 0 bridgehead atoms. The molecule has 3 aromatic heterocycles. The number of ether oxygens (including phenoxy) is 1. The fraction of sp³-hybridized carbons (Fsp3) is 0.278. The predicted molar refractivity (Wildman–Crippen MR) is 109 cm³/mol. The number of carbonyl (C=O) groups excluding carboxylic acids is 3. The molecule has 29 heavy (non-hydrogen) atoms. The molecule has 0 fully saturated rings. The van der Waals surface area contributed by atoms with Gasteiger partial charge in [-0.25, -0.2) is 9.78 Å². The number of anilines is 1. The molecule has 0 aromatic carbocycles. The molecule has 4 rings (SSSR count). The smallest absolute Gasteiger partial charge is 0.349 e. The highest BCUT2D eigenvalue weighted by Gasteiger charge is 2.24. The summed E-state index contributed by atoms with van der Waals surface area (Å²) < 4.78 is 6.74. The van der Waals surface area contributed by atoms with Crippen LogP contribution in [0, 0.1) is 6.92 Å². The number of esters is 1. The van der Waals surface area contributed by atoms with Crippen LogP contribution in [-0.4, -0.2) is 33.9 Å². The van der Waals surface area contributed by atoms with Gasteiger partial charge in [-0.1, -0.05) is 0 Å². The maximum absolute atomic E-state index is 12.7. The van der Waals surface area contributed by atoms with Crippen molar-refractivity contribution in [2.45, 2.75) is 26.3 Å². The number of aromatic nitrogens is 2. The average molecular weight is 432 g/mol. The molecule has 150 valence electrons. The lowest BCUT2D eigenvalue weighted by Gasteiger charge is -2.06. The van der Waals surface area contributed by atoms with Gasteiger partial charge in [0.05, 0.1) is 10.9 Å². The molecule has 3 N–H and O–H groups in total. The van der Waals surface area contributed by atoms with Gasteiger partial charge in [0.15, 0.2) is 6.61 Å². The Morgan fingerprint density at radius 1 is 1.38 bits per heavy atom. The summed E-state index contributed by atoms with van der Waals surface area (Å²) in [6.07, 6.45) is 1.61. The number of thiophene rings is 2. The molecule has 0 unspecified atom stereocenters. The molecule has 0 atom stereocenters. The second-order valence-corrected chi connectivity index (χ2v) is 8.39. The quantitative estimate of drug-likeness (QED) is 0.589. The summed E-state index contributed by atoms with van der Waals surface area (Å²) in [6.45, 7) is 1.76. The largest absolute Gasteiger partial charge is 0.451 e. The number of hydrogen-bond donors (Lipinski definition) is 2. The van der Waals surface area contributed by atoms with Gasteiger partial charge in [0, 0.05) is 13.0 Å². The van der Waals surface area contributed by atoms with Crippen molar-refractivity contribution in [2.24, 2.45) is 5.73 Å². The van der Waals surface area contributed by atoms with Crippen molar-refractivity contribution in [1.29, 1.82) is 0 Å². The summed E-state index contributed by atoms with van der Waals surface area (Å²) in [5.74, 6) is -1.24. The van der Waals surface area contributed by atoms with E-state index < -0.39 is 24.4 Å². The Balaban J connectivity index is 1.49. The van der Waals surface area contributed by atoms with E-state index in [1.54, 1.807) is 16.9 Å². The Morgan fingerprint density at radius 2 is 2.17 bits per heavy atom. The van der Waals surface area contributed by atoms with E-state index >= 15 is 0 Å². The zero-order chi connectivity index (χ0) is 20.7. The maximum Gasteiger partial charge on any atom is 0.349 e. The summed E-state index contributed by atoms with van der Waals surface area (Å²) in [4.78, 5) is 53.8. The minimum absolute atomic E-state index is 0.148. The molecule has 1 aliphatic rings. The Bertz CT molecular complexity index is 1220. The van der Waals surface area contributed by atoms with Gasteiger partial charge in [-0.15, -0.1) is 22.7 Å². The highest BCUT2D eigenvalue weighted by Crippen LogP contribution is 2.29. The van der Waals surface area contributed by atoms with E-state index in [0.717, 1.165) is 41.3 Å². The third-order valence-corrected chi connectivity index (χ3v) is 6.61. The summed E-state index contributed by atoms with van der Waals surface area (Å²) in [5.41, 5.74) is 5.78. The third-order valence-electron chi connectivity index (χ3n) is 4.61. The van der Waals surface area contributed by atoms with Crippen LogP contribution in [-0.2, 0) is 22.5 Å². The second-order valence-electron chi connectivity index (χ2n) is 6.48. The van der Waals surface area contributed by atoms with Crippen molar-refractivity contribution in [3.8, 4) is 0 Å². The summed E-state index contributed by atoms with van der Waals surface area (Å²) in [7, 11) is 0. The van der Waals surface area contributed by atoms with Gasteiger partial charge in [0.2, 0.25) is 0 Å². The molecule has 11 heteroatoms. The van der Waals surface area contributed by atoms with Crippen molar-refractivity contribution in [1.82, 2.24) is 9.55 Å². The SMILES string of the molecule is Cc1c(C(=O)OCC(=O)Nc2sccc2C(N)=O)sc2nc3n(c(=O)c12)CCC3. The zero-order valence-corrected chi connectivity index (χ0v) is 16.9. The molecule has 0 radical (unpaired) electrons. The van der Waals surface area contributed by atoms with Gasteiger partial charge in [0.25, 0.3) is 17.4 Å². The van der Waals surface area contributed by atoms with E-state index in [9.17, 15) is 19.2 Å². The van der Waals surface area contributed by atoms with Gasteiger partial charge in [-0.05, 0) is 30.4 Å². The van der Waals surface area contributed by atoms with Gasteiger partial charge >= 0.3 is 5.97 Å². The summed E-state index contributed by atoms with van der Waals surface area (Å²) >= 11 is 2.22. The van der Waals surface area contributed by atoms with E-state index in [4.69, 9.17) is 10.5 Å². The first kappa shape index (κ1) is 19.3. The second kappa shape index (κ2) is 7.41. The van der Waals surface area contributed by atoms with Gasteiger partial charge in [-0.2, -0.15) is 0 Å². The van der Waals surface area contributed by atoms with Crippen LogP contribution in [0.4, 0.5) is 5.00 Å². The van der Waals surface area contributed by atoms with Crippen molar-refractivity contribution in [3.63, 3.8) is 0 Å². The van der Waals surface area contributed by atoms with Gasteiger partial charge in [0.1, 0.15) is 20.5 Å². The van der Waals surface area contributed by atoms with Crippen LogP contribution < -0.4 is 16.6 Å². The van der Waals surface area contributed by atoms with Gasteiger partial charge < -0.3 is 15.8 Å². The minimum Gasteiger partial charge on any atom is -0.451 e. The van der Waals surface area contributed by atoms with Crippen LogP contribution in [0.25, 0.3) is 10.2 Å². The van der Waals surface area contributed by atoms with Crippen LogP contribution in [0.1, 0.15) is 37.8 Å². The highest BCUT2D eigenvalue weighted by molar-refractivity contribution is 7.20. The van der Waals surface area contributed by atoms with E-state index in [2.05, 4.69) is 10.3 Å². The van der Waals surface area contributed by atoms with Gasteiger partial charge in [-0.3, -0.25) is 19.0 Å². The highest BCUT2D eigenvalue weighted by atomic mass is 32.1. The Morgan fingerprint density at radius 3 is 2.93 bits per heavy atom. The fourth-order valence-electron chi connectivity index (χ4n) is 3.23. The third kappa shape index (κ3) is 3.42. The first-order valence-electron chi connectivity index (χ1n) is 8.74. The standard InChI is InChI=1S/C18H16N4O5S2/c1-8-12-16(20-10-3-2-5-22(10)17(12)25)29-13(8)18(26)27-7-11(23)21-15-9(14(19)24)4-6-28-15/h4,6H,2-3,5,7H2,1H3,(H2,19,24)(H,21,23). The summed E-state index contributed by atoms with van der Waals surface area (Å²) in [6, 6.07) is 1.50. The first-order valence-corrected chi connectivity index (χ1v) is 10.4. The Labute approximate surface area is 172 Å². The Kier molecular flexibility index (Phi) is 4.92. The normalized spacial score (nSPS) is 12.7. The molecule has 0 spiro atoms. The van der Waals surface area contributed by atoms with Crippen molar-refractivity contribution in [2.75, 3.05) is 11.9 Å². The predicted octanol–water partition coefficient (Wildman–Crippen LogP) is 1.67. The minimum atomic E-state index is -0.702. The monoisotopic (exact) mass is 432 g/mol. The number of aryl methyl sites for hydroxylation is 2. The van der Waals surface area contributed by atoms with Crippen LogP contribution in [0.5, 0.6) is 0 Å². The lowest BCUT2D eigenvalue weighted by atomic mass is 10.2. The van der Waals surface area contributed by atoms with Crippen LogP contribution >= 0.6 is 22.7 Å². The fourth-order valence-corrected chi connectivity index (χ4v) is 5.12. The van der Waals surface area contributed by atoms with E-state index in [1.165, 1.54) is 6.07 Å². The number of nitrogens with zero attached hydrogens (tertiary/aromatic N) is 2. The number of hydrogen-bond acceptors (Lipinski definition) is 8. The lowest BCUT2D eigenvalue weighted by Crippen LogP contribution is -2.22. The molecule has 3 aromatic rings. The number of primary amides is 1. The average Bonchev–Trinajstić information content (AvgIpc) is 3.39. The number of nitrogens with two attached hydrogens (primary N) is 1. The zero-order valence-electron chi connectivity index (χ0n) is 15.3. The molecule has 0 saturated carbocycles. The number of rotatable bonds is 5. The molecule has 0 aliphatic carbocycles. The molecular formula is C18H16N4O5S2. The van der Waals surface area contributed by atoms with Crippen molar-refractivity contribution < 1.29 is 19.1 Å².